The van der Waals surface area contributed by atoms with Gasteiger partial charge in [0.15, 0.2) is 0 Å². The third kappa shape index (κ3) is 2.42. The van der Waals surface area contributed by atoms with Crippen molar-refractivity contribution >= 4 is 22.8 Å². The number of anilines is 1. The van der Waals surface area contributed by atoms with Crippen LogP contribution >= 0.6 is 0 Å². The Morgan fingerprint density at radius 1 is 1.38 bits per heavy atom. The molecule has 4 heterocycles. The van der Waals surface area contributed by atoms with E-state index in [1.807, 2.05) is 6.92 Å². The second-order valence-electron chi connectivity index (χ2n) is 6.86. The number of hydrogen-bond acceptors (Lipinski definition) is 6. The van der Waals surface area contributed by atoms with Gasteiger partial charge in [0.25, 0.3) is 5.71 Å². The highest BCUT2D eigenvalue weighted by Gasteiger charge is 2.43. The molecule has 24 heavy (non-hydrogen) atoms. The normalized spacial score (nSPS) is 23.2. The topological polar surface area (TPSA) is 75.4 Å². The first-order valence-electron chi connectivity index (χ1n) is 8.80. The third-order valence-corrected chi connectivity index (χ3v) is 5.34. The average molecular weight is 329 g/mol. The molecule has 0 unspecified atom stereocenters. The van der Waals surface area contributed by atoms with E-state index < -0.39 is 0 Å². The van der Waals surface area contributed by atoms with Crippen LogP contribution in [0, 0.1) is 12.8 Å². The number of aromatic nitrogens is 3. The molecule has 2 aromatic heterocycles. The van der Waals surface area contributed by atoms with Gasteiger partial charge in [-0.2, -0.15) is 4.98 Å². The molecule has 0 aromatic carbocycles. The molecule has 128 valence electrons. The number of rotatable bonds is 4. The van der Waals surface area contributed by atoms with Gasteiger partial charge in [0.1, 0.15) is 17.5 Å². The summed E-state index contributed by atoms with van der Waals surface area (Å²) in [6.07, 6.45) is 5.31. The van der Waals surface area contributed by atoms with Crippen LogP contribution in [0.25, 0.3) is 11.1 Å². The number of hydrogen-bond donors (Lipinski definition) is 0. The molecule has 0 spiro atoms. The van der Waals surface area contributed by atoms with Gasteiger partial charge in [0.2, 0.25) is 5.91 Å². The van der Waals surface area contributed by atoms with E-state index in [1.54, 1.807) is 0 Å². The van der Waals surface area contributed by atoms with Crippen molar-refractivity contribution < 1.29 is 9.32 Å². The Labute approximate surface area is 141 Å². The maximum atomic E-state index is 12.5. The maximum Gasteiger partial charge on any atom is 0.263 e. The van der Waals surface area contributed by atoms with Gasteiger partial charge in [-0.15, -0.1) is 0 Å². The average Bonchev–Trinajstić information content (AvgIpc) is 3.26. The fraction of sp³-hybridized carbons (Fsp3) is 0.647. The minimum atomic E-state index is 0.305. The SMILES string of the molecule is CCCCC(=O)N1CC[C@H]2CN(c3ncnc4onc(C)c34)C[C@H]21. The van der Waals surface area contributed by atoms with Crippen LogP contribution in [-0.2, 0) is 4.79 Å². The number of aryl methyl sites for hydroxylation is 1. The fourth-order valence-electron chi connectivity index (χ4n) is 4.06. The highest BCUT2D eigenvalue weighted by atomic mass is 16.5. The lowest BCUT2D eigenvalue weighted by molar-refractivity contribution is -0.132. The van der Waals surface area contributed by atoms with E-state index in [-0.39, 0.29) is 0 Å². The lowest BCUT2D eigenvalue weighted by Crippen LogP contribution is -2.39. The summed E-state index contributed by atoms with van der Waals surface area (Å²) in [4.78, 5) is 25.5. The molecule has 0 saturated carbocycles. The molecule has 1 amide bonds. The molecule has 2 atom stereocenters. The first-order chi connectivity index (χ1) is 11.7. The van der Waals surface area contributed by atoms with Crippen LogP contribution in [-0.4, -0.2) is 51.6 Å². The molecular formula is C17H23N5O2. The second-order valence-corrected chi connectivity index (χ2v) is 6.86. The zero-order valence-electron chi connectivity index (χ0n) is 14.2. The number of unbranched alkanes of at least 4 members (excludes halogenated alkanes) is 1. The van der Waals surface area contributed by atoms with Crippen LogP contribution in [0.1, 0.15) is 38.3 Å². The minimum Gasteiger partial charge on any atom is -0.353 e. The van der Waals surface area contributed by atoms with E-state index >= 15 is 0 Å². The van der Waals surface area contributed by atoms with E-state index in [0.717, 1.165) is 55.8 Å². The third-order valence-electron chi connectivity index (χ3n) is 5.34. The van der Waals surface area contributed by atoms with Crippen LogP contribution < -0.4 is 4.90 Å². The van der Waals surface area contributed by atoms with Crippen LogP contribution in [0.2, 0.25) is 0 Å². The highest BCUT2D eigenvalue weighted by molar-refractivity contribution is 5.88. The minimum absolute atomic E-state index is 0.305. The summed E-state index contributed by atoms with van der Waals surface area (Å²) >= 11 is 0. The molecule has 2 aromatic rings. The van der Waals surface area contributed by atoms with Crippen LogP contribution in [0.4, 0.5) is 5.82 Å². The summed E-state index contributed by atoms with van der Waals surface area (Å²) in [6.45, 7) is 6.70. The Kier molecular flexibility index (Phi) is 3.86. The van der Waals surface area contributed by atoms with Gasteiger partial charge >= 0.3 is 0 Å². The van der Waals surface area contributed by atoms with Crippen LogP contribution in [0.3, 0.4) is 0 Å². The monoisotopic (exact) mass is 329 g/mol. The molecular weight excluding hydrogens is 306 g/mol. The zero-order valence-corrected chi connectivity index (χ0v) is 14.2. The van der Waals surface area contributed by atoms with Crippen molar-refractivity contribution in [2.24, 2.45) is 5.92 Å². The molecule has 0 aliphatic carbocycles. The molecule has 0 bridgehead atoms. The van der Waals surface area contributed by atoms with E-state index in [0.29, 0.717) is 30.0 Å². The lowest BCUT2D eigenvalue weighted by atomic mass is 10.1. The van der Waals surface area contributed by atoms with E-state index in [1.165, 1.54) is 6.33 Å². The maximum absolute atomic E-state index is 12.5. The molecule has 2 aliphatic rings. The lowest BCUT2D eigenvalue weighted by Gasteiger charge is -2.25. The van der Waals surface area contributed by atoms with Gasteiger partial charge in [-0.05, 0) is 19.8 Å². The highest BCUT2D eigenvalue weighted by Crippen LogP contribution is 2.36. The van der Waals surface area contributed by atoms with Gasteiger partial charge in [0, 0.05) is 32.0 Å². The molecule has 7 nitrogen and oxygen atoms in total. The quantitative estimate of drug-likeness (QED) is 0.855. The molecule has 2 saturated heterocycles. The second kappa shape index (κ2) is 6.03. The van der Waals surface area contributed by atoms with E-state index in [9.17, 15) is 4.79 Å². The molecule has 2 fully saturated rings. The van der Waals surface area contributed by atoms with Crippen LogP contribution in [0.15, 0.2) is 10.9 Å². The van der Waals surface area contributed by atoms with Crippen molar-refractivity contribution in [2.45, 2.75) is 45.6 Å². The number of likely N-dealkylation sites (tertiary alicyclic amines) is 1. The van der Waals surface area contributed by atoms with Gasteiger partial charge in [-0.3, -0.25) is 4.79 Å². The molecule has 0 N–H and O–H groups in total. The molecule has 0 radical (unpaired) electrons. The summed E-state index contributed by atoms with van der Waals surface area (Å²) < 4.78 is 5.25. The van der Waals surface area contributed by atoms with Crippen LogP contribution in [0.5, 0.6) is 0 Å². The first-order valence-corrected chi connectivity index (χ1v) is 8.80. The van der Waals surface area contributed by atoms with Gasteiger partial charge in [-0.25, -0.2) is 4.98 Å². The van der Waals surface area contributed by atoms with Crippen molar-refractivity contribution in [1.82, 2.24) is 20.0 Å². The van der Waals surface area contributed by atoms with Crippen molar-refractivity contribution in [3.05, 3.63) is 12.0 Å². The van der Waals surface area contributed by atoms with Crippen molar-refractivity contribution in [1.29, 1.82) is 0 Å². The van der Waals surface area contributed by atoms with Crippen molar-refractivity contribution in [2.75, 3.05) is 24.5 Å². The number of carbonyl (C=O) groups excluding carboxylic acids is 1. The number of carbonyl (C=O) groups is 1. The number of fused-ring (bicyclic) bond motifs is 2. The largest absolute Gasteiger partial charge is 0.353 e. The Hall–Kier alpha value is -2.18. The van der Waals surface area contributed by atoms with Gasteiger partial charge < -0.3 is 14.3 Å². The predicted octanol–water partition coefficient (Wildman–Crippen LogP) is 2.15. The fourth-order valence-corrected chi connectivity index (χ4v) is 4.06. The molecule has 2 aliphatic heterocycles. The summed E-state index contributed by atoms with van der Waals surface area (Å²) in [5.74, 6) is 1.72. The Balaban J connectivity index is 1.56. The summed E-state index contributed by atoms with van der Waals surface area (Å²) in [5.41, 5.74) is 1.35. The van der Waals surface area contributed by atoms with Gasteiger partial charge in [-0.1, -0.05) is 18.5 Å². The Bertz CT molecular complexity index is 759. The van der Waals surface area contributed by atoms with Crippen molar-refractivity contribution in [3.63, 3.8) is 0 Å². The van der Waals surface area contributed by atoms with E-state index in [4.69, 9.17) is 4.52 Å². The zero-order chi connectivity index (χ0) is 16.7. The Morgan fingerprint density at radius 2 is 2.25 bits per heavy atom. The molecule has 7 heteroatoms. The summed E-state index contributed by atoms with van der Waals surface area (Å²) in [7, 11) is 0. The predicted molar refractivity (Wildman–Crippen MR) is 89.7 cm³/mol. The standard InChI is InChI=1S/C17H23N5O2/c1-3-4-5-14(23)22-7-6-12-8-21(9-13(12)22)16-15-11(2)20-24-17(15)19-10-18-16/h10,12-13H,3-9H2,1-2H3/t12-,13+/m0/s1. The summed E-state index contributed by atoms with van der Waals surface area (Å²) in [6, 6.07) is 0.305. The Morgan fingerprint density at radius 3 is 3.08 bits per heavy atom. The first kappa shape index (κ1) is 15.4. The van der Waals surface area contributed by atoms with Gasteiger partial charge in [0.05, 0.1) is 11.7 Å². The molecule has 4 rings (SSSR count). The smallest absolute Gasteiger partial charge is 0.263 e. The van der Waals surface area contributed by atoms with E-state index in [2.05, 4.69) is 31.8 Å². The number of nitrogens with zero attached hydrogens (tertiary/aromatic N) is 5. The summed E-state index contributed by atoms with van der Waals surface area (Å²) in [5, 5.41) is 4.90. The van der Waals surface area contributed by atoms with Crippen molar-refractivity contribution in [3.8, 4) is 0 Å². The number of amides is 1.